The van der Waals surface area contributed by atoms with Crippen molar-refractivity contribution in [3.8, 4) is 5.75 Å². The molecule has 0 aromatic heterocycles. The van der Waals surface area contributed by atoms with Crippen LogP contribution in [0.25, 0.3) is 0 Å². The quantitative estimate of drug-likeness (QED) is 0.523. The van der Waals surface area contributed by atoms with Crippen molar-refractivity contribution in [3.05, 3.63) is 59.7 Å². The third-order valence-corrected chi connectivity index (χ3v) is 7.26. The Bertz CT molecular complexity index is 1110. The first kappa shape index (κ1) is 25.7. The number of carbonyl (C=O) groups excluding carboxylic acids is 2. The van der Waals surface area contributed by atoms with Crippen LogP contribution in [0.1, 0.15) is 29.8 Å². The van der Waals surface area contributed by atoms with Crippen molar-refractivity contribution in [2.75, 3.05) is 33.9 Å². The molecular formula is C24H30N2O7S. The van der Waals surface area contributed by atoms with Crippen LogP contribution < -0.4 is 4.74 Å². The molecule has 2 unspecified atom stereocenters. The van der Waals surface area contributed by atoms with Crippen molar-refractivity contribution in [1.82, 2.24) is 9.21 Å². The zero-order valence-corrected chi connectivity index (χ0v) is 20.6. The van der Waals surface area contributed by atoms with Gasteiger partial charge in [-0.15, -0.1) is 0 Å². The van der Waals surface area contributed by atoms with Crippen molar-refractivity contribution < 1.29 is 32.2 Å². The van der Waals surface area contributed by atoms with Gasteiger partial charge >= 0.3 is 5.97 Å². The fourth-order valence-corrected chi connectivity index (χ4v) is 5.12. The smallest absolute Gasteiger partial charge is 0.338 e. The fraction of sp³-hybridized carbons (Fsp3) is 0.417. The van der Waals surface area contributed by atoms with E-state index in [1.807, 2.05) is 44.2 Å². The molecule has 1 amide bonds. The van der Waals surface area contributed by atoms with Crippen LogP contribution in [0.15, 0.2) is 53.4 Å². The molecule has 1 aliphatic heterocycles. The number of methoxy groups -OCH3 is 1. The molecule has 1 fully saturated rings. The van der Waals surface area contributed by atoms with Crippen molar-refractivity contribution in [2.24, 2.45) is 0 Å². The molecule has 1 saturated heterocycles. The van der Waals surface area contributed by atoms with Crippen molar-refractivity contribution in [2.45, 2.75) is 37.5 Å². The maximum atomic E-state index is 13.2. The van der Waals surface area contributed by atoms with E-state index < -0.39 is 22.6 Å². The second-order valence-electron chi connectivity index (χ2n) is 8.24. The minimum Gasteiger partial charge on any atom is -0.495 e. The summed E-state index contributed by atoms with van der Waals surface area (Å²) < 4.78 is 43.7. The van der Waals surface area contributed by atoms with E-state index in [2.05, 4.69) is 0 Å². The van der Waals surface area contributed by atoms with E-state index in [0.29, 0.717) is 13.1 Å². The fourth-order valence-electron chi connectivity index (χ4n) is 3.78. The van der Waals surface area contributed by atoms with Gasteiger partial charge in [-0.2, -0.15) is 4.31 Å². The molecule has 0 spiro atoms. The molecule has 0 bridgehead atoms. The Hall–Kier alpha value is -2.95. The Labute approximate surface area is 200 Å². The van der Waals surface area contributed by atoms with Gasteiger partial charge in [0.2, 0.25) is 10.0 Å². The highest BCUT2D eigenvalue weighted by atomic mass is 32.2. The lowest BCUT2D eigenvalue weighted by atomic mass is 10.2. The lowest BCUT2D eigenvalue weighted by molar-refractivity contribution is -0.146. The van der Waals surface area contributed by atoms with Crippen molar-refractivity contribution in [3.63, 3.8) is 0 Å². The molecule has 2 aromatic rings. The van der Waals surface area contributed by atoms with Crippen LogP contribution in [0.3, 0.4) is 0 Å². The van der Waals surface area contributed by atoms with Crippen LogP contribution in [-0.4, -0.2) is 75.6 Å². The number of sulfonamides is 1. The predicted octanol–water partition coefficient (Wildman–Crippen LogP) is 2.31. The highest BCUT2D eigenvalue weighted by Gasteiger charge is 2.28. The maximum absolute atomic E-state index is 13.2. The molecule has 10 heteroatoms. The van der Waals surface area contributed by atoms with Crippen molar-refractivity contribution >= 4 is 21.9 Å². The van der Waals surface area contributed by atoms with Gasteiger partial charge in [-0.05, 0) is 37.6 Å². The summed E-state index contributed by atoms with van der Waals surface area (Å²) in [6.07, 6.45) is -0.212. The number of morpholine rings is 1. The Balaban J connectivity index is 1.73. The maximum Gasteiger partial charge on any atom is 0.338 e. The van der Waals surface area contributed by atoms with Crippen LogP contribution >= 0.6 is 0 Å². The van der Waals surface area contributed by atoms with Gasteiger partial charge in [0.05, 0.1) is 24.9 Å². The third-order valence-electron chi connectivity index (χ3n) is 5.43. The Morgan fingerprint density at radius 2 is 1.74 bits per heavy atom. The molecule has 1 heterocycles. The first-order valence-corrected chi connectivity index (χ1v) is 12.3. The number of carbonyl (C=O) groups is 2. The van der Waals surface area contributed by atoms with Gasteiger partial charge in [-0.3, -0.25) is 4.79 Å². The standard InChI is InChI=1S/C24H30N2O7S/c1-17-13-26(14-18(2)33-17)23(27)16-32-24(28)20-10-11-21(31-4)22(12-20)34(29,30)25(3)15-19-8-6-5-7-9-19/h5-12,17-18H,13-16H2,1-4H3. The zero-order chi connectivity index (χ0) is 24.9. The number of rotatable bonds is 8. The van der Waals surface area contributed by atoms with E-state index in [-0.39, 0.29) is 40.9 Å². The van der Waals surface area contributed by atoms with Crippen LogP contribution in [0.2, 0.25) is 0 Å². The number of hydrogen-bond acceptors (Lipinski definition) is 7. The monoisotopic (exact) mass is 490 g/mol. The average molecular weight is 491 g/mol. The first-order valence-electron chi connectivity index (χ1n) is 10.9. The second-order valence-corrected chi connectivity index (χ2v) is 10.3. The highest BCUT2D eigenvalue weighted by molar-refractivity contribution is 7.89. The van der Waals surface area contributed by atoms with Gasteiger partial charge in [-0.25, -0.2) is 13.2 Å². The molecular weight excluding hydrogens is 460 g/mol. The van der Waals surface area contributed by atoms with Gasteiger partial charge in [0, 0.05) is 26.7 Å². The molecule has 3 rings (SSSR count). The van der Waals surface area contributed by atoms with Crippen LogP contribution in [-0.2, 0) is 30.8 Å². The molecule has 2 aromatic carbocycles. The van der Waals surface area contributed by atoms with Gasteiger partial charge in [0.15, 0.2) is 6.61 Å². The molecule has 184 valence electrons. The molecule has 1 aliphatic rings. The molecule has 0 radical (unpaired) electrons. The summed E-state index contributed by atoms with van der Waals surface area (Å²) in [6.45, 7) is 4.27. The Kier molecular flexibility index (Phi) is 8.29. The summed E-state index contributed by atoms with van der Waals surface area (Å²) >= 11 is 0. The number of amides is 1. The van der Waals surface area contributed by atoms with Gasteiger partial charge in [0.1, 0.15) is 10.6 Å². The lowest BCUT2D eigenvalue weighted by Gasteiger charge is -2.35. The van der Waals surface area contributed by atoms with Crippen molar-refractivity contribution in [1.29, 1.82) is 0 Å². The first-order chi connectivity index (χ1) is 16.1. The summed E-state index contributed by atoms with van der Waals surface area (Å²) in [7, 11) is -1.18. The molecule has 9 nitrogen and oxygen atoms in total. The van der Waals surface area contributed by atoms with E-state index in [4.69, 9.17) is 14.2 Å². The summed E-state index contributed by atoms with van der Waals surface area (Å²) in [5, 5.41) is 0. The van der Waals surface area contributed by atoms with E-state index in [0.717, 1.165) is 5.56 Å². The third kappa shape index (κ3) is 6.13. The number of ether oxygens (including phenoxy) is 3. The molecule has 34 heavy (non-hydrogen) atoms. The van der Waals surface area contributed by atoms with E-state index in [1.54, 1.807) is 4.90 Å². The molecule has 0 aliphatic carbocycles. The van der Waals surface area contributed by atoms with E-state index in [9.17, 15) is 18.0 Å². The summed E-state index contributed by atoms with van der Waals surface area (Å²) in [6, 6.07) is 13.2. The van der Waals surface area contributed by atoms with Crippen LogP contribution in [0.5, 0.6) is 5.75 Å². The van der Waals surface area contributed by atoms with Crippen LogP contribution in [0.4, 0.5) is 0 Å². The van der Waals surface area contributed by atoms with Gasteiger partial charge in [-0.1, -0.05) is 30.3 Å². The SMILES string of the molecule is COc1ccc(C(=O)OCC(=O)N2CC(C)OC(C)C2)cc1S(=O)(=O)N(C)Cc1ccccc1. The van der Waals surface area contributed by atoms with Gasteiger partial charge < -0.3 is 19.1 Å². The predicted molar refractivity (Wildman–Crippen MR) is 125 cm³/mol. The zero-order valence-electron chi connectivity index (χ0n) is 19.8. The minimum atomic E-state index is -3.99. The molecule has 0 saturated carbocycles. The van der Waals surface area contributed by atoms with Crippen LogP contribution in [0, 0.1) is 0 Å². The number of esters is 1. The number of hydrogen-bond donors (Lipinski definition) is 0. The summed E-state index contributed by atoms with van der Waals surface area (Å²) in [5.41, 5.74) is 0.817. The van der Waals surface area contributed by atoms with E-state index >= 15 is 0 Å². The second kappa shape index (κ2) is 11.0. The number of benzene rings is 2. The minimum absolute atomic E-state index is 0.00370. The summed E-state index contributed by atoms with van der Waals surface area (Å²) in [4.78, 5) is 26.5. The Morgan fingerprint density at radius 1 is 1.09 bits per heavy atom. The normalized spacial score (nSPS) is 18.6. The van der Waals surface area contributed by atoms with E-state index in [1.165, 1.54) is 36.7 Å². The topological polar surface area (TPSA) is 102 Å². The number of nitrogens with zero attached hydrogens (tertiary/aromatic N) is 2. The molecule has 0 N–H and O–H groups in total. The van der Waals surface area contributed by atoms with Gasteiger partial charge in [0.25, 0.3) is 5.91 Å². The molecule has 2 atom stereocenters. The average Bonchev–Trinajstić information content (AvgIpc) is 2.81. The largest absolute Gasteiger partial charge is 0.495 e. The summed E-state index contributed by atoms with van der Waals surface area (Å²) in [5.74, 6) is -1.03. The lowest BCUT2D eigenvalue weighted by Crippen LogP contribution is -2.49. The highest BCUT2D eigenvalue weighted by Crippen LogP contribution is 2.28. The Morgan fingerprint density at radius 3 is 2.35 bits per heavy atom.